The van der Waals surface area contributed by atoms with Gasteiger partial charge < -0.3 is 4.85 Å². The van der Waals surface area contributed by atoms with Crippen LogP contribution in [0.15, 0.2) is 0 Å². The summed E-state index contributed by atoms with van der Waals surface area (Å²) in [5, 5.41) is 4.77. The van der Waals surface area contributed by atoms with Gasteiger partial charge in [0.15, 0.2) is 0 Å². The first kappa shape index (κ1) is 9.08. The Labute approximate surface area is 76.8 Å². The number of aryl methyl sites for hydroxylation is 2. The van der Waals surface area contributed by atoms with Crippen molar-refractivity contribution >= 4 is 11.6 Å². The summed E-state index contributed by atoms with van der Waals surface area (Å²) in [7, 11) is 1.79. The second-order valence-corrected chi connectivity index (χ2v) is 2.87. The number of aromatic nitrogens is 2. The van der Waals surface area contributed by atoms with Gasteiger partial charge in [0.1, 0.15) is 5.15 Å². The molecule has 0 N–H and O–H groups in total. The summed E-state index contributed by atoms with van der Waals surface area (Å²) in [5.74, 6) is 0. The molecule has 0 aliphatic heterocycles. The van der Waals surface area contributed by atoms with Gasteiger partial charge in [-0.2, -0.15) is 5.10 Å². The number of nitrogens with zero attached hydrogens (tertiary/aromatic N) is 3. The smallest absolute Gasteiger partial charge is 0.244 e. The zero-order valence-corrected chi connectivity index (χ0v) is 7.89. The molecule has 3 nitrogen and oxygen atoms in total. The predicted molar refractivity (Wildman–Crippen MR) is 47.9 cm³/mol. The van der Waals surface area contributed by atoms with Crippen LogP contribution in [0.4, 0.5) is 0 Å². The van der Waals surface area contributed by atoms with Crippen molar-refractivity contribution in [3.8, 4) is 0 Å². The van der Waals surface area contributed by atoms with E-state index in [0.29, 0.717) is 11.7 Å². The molecule has 0 aliphatic carbocycles. The van der Waals surface area contributed by atoms with Crippen LogP contribution in [0.1, 0.15) is 18.2 Å². The predicted octanol–water partition coefficient (Wildman–Crippen LogP) is 2.06. The molecule has 0 aliphatic rings. The van der Waals surface area contributed by atoms with Crippen molar-refractivity contribution < 1.29 is 0 Å². The summed E-state index contributed by atoms with van der Waals surface area (Å²) in [6.45, 7) is 9.08. The Balaban J connectivity index is 3.14. The molecule has 0 amide bonds. The highest BCUT2D eigenvalue weighted by Gasteiger charge is 2.14. The van der Waals surface area contributed by atoms with Gasteiger partial charge in [0, 0.05) is 7.05 Å². The van der Waals surface area contributed by atoms with Gasteiger partial charge in [0.2, 0.25) is 6.54 Å². The third kappa shape index (κ3) is 1.44. The van der Waals surface area contributed by atoms with Crippen LogP contribution in [0.25, 0.3) is 4.85 Å². The lowest BCUT2D eigenvalue weighted by molar-refractivity contribution is 0.747. The third-order valence-corrected chi connectivity index (χ3v) is 2.20. The van der Waals surface area contributed by atoms with Crippen LogP contribution in [0.3, 0.4) is 0 Å². The van der Waals surface area contributed by atoms with E-state index >= 15 is 0 Å². The van der Waals surface area contributed by atoms with Gasteiger partial charge >= 0.3 is 0 Å². The van der Waals surface area contributed by atoms with Gasteiger partial charge in [-0.25, -0.2) is 6.57 Å². The van der Waals surface area contributed by atoms with Crippen molar-refractivity contribution in [1.29, 1.82) is 0 Å². The molecule has 0 saturated carbocycles. The summed E-state index contributed by atoms with van der Waals surface area (Å²) in [6.07, 6.45) is 0.825. The molecule has 1 aromatic heterocycles. The summed E-state index contributed by atoms with van der Waals surface area (Å²) in [5.41, 5.74) is 1.80. The maximum absolute atomic E-state index is 6.75. The molecule has 4 heteroatoms. The van der Waals surface area contributed by atoms with E-state index in [2.05, 4.69) is 9.94 Å². The Bertz CT molecular complexity index is 322. The van der Waals surface area contributed by atoms with E-state index in [1.165, 1.54) is 0 Å². The molecule has 0 saturated heterocycles. The van der Waals surface area contributed by atoms with Crippen LogP contribution >= 0.6 is 11.6 Å². The van der Waals surface area contributed by atoms with Crippen LogP contribution < -0.4 is 0 Å². The van der Waals surface area contributed by atoms with Crippen molar-refractivity contribution in [3.63, 3.8) is 0 Å². The van der Waals surface area contributed by atoms with E-state index in [-0.39, 0.29) is 0 Å². The molecule has 0 radical (unpaired) electrons. The number of rotatable bonds is 2. The molecule has 0 atom stereocenters. The molecule has 64 valence electrons. The fourth-order valence-corrected chi connectivity index (χ4v) is 1.33. The summed E-state index contributed by atoms with van der Waals surface area (Å²) >= 11 is 5.93. The normalized spacial score (nSPS) is 9.83. The molecule has 1 heterocycles. The van der Waals surface area contributed by atoms with Gasteiger partial charge in [-0.1, -0.05) is 18.5 Å². The van der Waals surface area contributed by atoms with Crippen LogP contribution in [-0.2, 0) is 20.0 Å². The average molecular weight is 184 g/mol. The minimum Gasteiger partial charge on any atom is -0.312 e. The van der Waals surface area contributed by atoms with Crippen LogP contribution in [0.2, 0.25) is 5.15 Å². The first-order chi connectivity index (χ1) is 5.70. The zero-order chi connectivity index (χ0) is 9.14. The lowest BCUT2D eigenvalue weighted by atomic mass is 10.2. The lowest BCUT2D eigenvalue weighted by Gasteiger charge is -1.90. The molecule has 0 aromatic carbocycles. The maximum atomic E-state index is 6.75. The molecule has 1 rings (SSSR count). The average Bonchev–Trinajstić information content (AvgIpc) is 2.33. The molecule has 0 fully saturated rings. The van der Waals surface area contributed by atoms with E-state index in [9.17, 15) is 0 Å². The monoisotopic (exact) mass is 183 g/mol. The molecular formula is C8H10ClN3. The van der Waals surface area contributed by atoms with E-state index in [1.807, 2.05) is 6.92 Å². The van der Waals surface area contributed by atoms with Gasteiger partial charge in [-0.3, -0.25) is 4.68 Å². The Morgan fingerprint density at radius 2 is 2.33 bits per heavy atom. The Hall–Kier alpha value is -1.01. The number of hydrogen-bond donors (Lipinski definition) is 0. The molecule has 0 bridgehead atoms. The maximum Gasteiger partial charge on any atom is 0.244 e. The topological polar surface area (TPSA) is 22.2 Å². The fourth-order valence-electron chi connectivity index (χ4n) is 1.12. The summed E-state index contributed by atoms with van der Waals surface area (Å²) in [6, 6.07) is 0. The second-order valence-electron chi connectivity index (χ2n) is 2.51. The fraction of sp³-hybridized carbons (Fsp3) is 0.500. The van der Waals surface area contributed by atoms with Crippen molar-refractivity contribution in [1.82, 2.24) is 9.78 Å². The highest BCUT2D eigenvalue weighted by Crippen LogP contribution is 2.20. The first-order valence-corrected chi connectivity index (χ1v) is 4.12. The Morgan fingerprint density at radius 3 is 2.83 bits per heavy atom. The van der Waals surface area contributed by atoms with Gasteiger partial charge in [-0.15, -0.1) is 0 Å². The summed E-state index contributed by atoms with van der Waals surface area (Å²) < 4.78 is 1.61. The van der Waals surface area contributed by atoms with E-state index in [4.69, 9.17) is 18.2 Å². The van der Waals surface area contributed by atoms with Crippen molar-refractivity contribution in [2.24, 2.45) is 7.05 Å². The standard InChI is InChI=1S/C8H10ClN3/c1-4-7-6(5-10-2)8(9)12(3)11-7/h4-5H2,1,3H3. The van der Waals surface area contributed by atoms with Crippen LogP contribution in [0, 0.1) is 6.57 Å². The van der Waals surface area contributed by atoms with Crippen molar-refractivity contribution in [3.05, 3.63) is 27.8 Å². The molecule has 0 spiro atoms. The largest absolute Gasteiger partial charge is 0.312 e. The molecule has 12 heavy (non-hydrogen) atoms. The van der Waals surface area contributed by atoms with Crippen molar-refractivity contribution in [2.45, 2.75) is 19.9 Å². The Morgan fingerprint density at radius 1 is 1.67 bits per heavy atom. The SMILES string of the molecule is [C-]#[N+]Cc1c(CC)nn(C)c1Cl. The number of halogens is 1. The third-order valence-electron chi connectivity index (χ3n) is 1.72. The summed E-state index contributed by atoms with van der Waals surface area (Å²) in [4.78, 5) is 3.30. The molecular weight excluding hydrogens is 174 g/mol. The van der Waals surface area contributed by atoms with E-state index in [0.717, 1.165) is 17.7 Å². The first-order valence-electron chi connectivity index (χ1n) is 3.74. The molecule has 1 aromatic rings. The minimum absolute atomic E-state index is 0.329. The highest BCUT2D eigenvalue weighted by molar-refractivity contribution is 6.30. The quantitative estimate of drug-likeness (QED) is 0.644. The second kappa shape index (κ2) is 3.59. The van der Waals surface area contributed by atoms with Crippen molar-refractivity contribution in [2.75, 3.05) is 0 Å². The van der Waals surface area contributed by atoms with Gasteiger partial charge in [0.25, 0.3) is 0 Å². The van der Waals surface area contributed by atoms with Crippen LogP contribution in [-0.4, -0.2) is 9.78 Å². The van der Waals surface area contributed by atoms with Crippen LogP contribution in [0.5, 0.6) is 0 Å². The Kier molecular flexibility index (Phi) is 2.72. The zero-order valence-electron chi connectivity index (χ0n) is 7.13. The van der Waals surface area contributed by atoms with E-state index in [1.54, 1.807) is 11.7 Å². The molecule has 0 unspecified atom stereocenters. The van der Waals surface area contributed by atoms with Gasteiger partial charge in [0.05, 0.1) is 11.3 Å². The highest BCUT2D eigenvalue weighted by atomic mass is 35.5. The van der Waals surface area contributed by atoms with Gasteiger partial charge in [-0.05, 0) is 6.42 Å². The number of hydrogen-bond acceptors (Lipinski definition) is 1. The lowest BCUT2D eigenvalue weighted by Crippen LogP contribution is -1.90. The minimum atomic E-state index is 0.329. The van der Waals surface area contributed by atoms with E-state index < -0.39 is 0 Å².